The van der Waals surface area contributed by atoms with Gasteiger partial charge in [0.25, 0.3) is 0 Å². The van der Waals surface area contributed by atoms with Crippen LogP contribution in [0.1, 0.15) is 75.8 Å². The molecule has 4 heteroatoms. The average Bonchev–Trinajstić information content (AvgIpc) is 2.99. The van der Waals surface area contributed by atoms with Gasteiger partial charge in [-0.3, -0.25) is 0 Å². The fraction of sp³-hybridized carbons (Fsp3) is 0.333. The molecule has 4 N–H and O–H groups in total. The number of rotatable bonds is 11. The van der Waals surface area contributed by atoms with Gasteiger partial charge in [-0.05, 0) is 103 Å². The maximum absolute atomic E-state index is 6.14. The topological polar surface area (TPSA) is 70.5 Å². The molecule has 0 bridgehead atoms. The van der Waals surface area contributed by atoms with Crippen LogP contribution < -0.4 is 20.9 Å². The predicted octanol–water partition coefficient (Wildman–Crippen LogP) is 9.88. The molecule has 4 aromatic carbocycles. The number of ether oxygens (including phenoxy) is 2. The van der Waals surface area contributed by atoms with Crippen LogP contribution in [0.5, 0.6) is 23.0 Å². The van der Waals surface area contributed by atoms with Crippen molar-refractivity contribution in [2.45, 2.75) is 70.1 Å². The number of nitrogens with two attached hydrogens (primary N) is 2. The van der Waals surface area contributed by atoms with Crippen molar-refractivity contribution in [2.75, 3.05) is 11.5 Å². The molecule has 40 heavy (non-hydrogen) atoms. The molecular formula is C36H42N2O2. The first kappa shape index (κ1) is 27.6. The van der Waals surface area contributed by atoms with Gasteiger partial charge in [-0.2, -0.15) is 0 Å². The zero-order valence-corrected chi connectivity index (χ0v) is 23.7. The molecule has 0 saturated heterocycles. The summed E-state index contributed by atoms with van der Waals surface area (Å²) in [7, 11) is 0. The maximum Gasteiger partial charge on any atom is 0.127 e. The molecule has 0 aliphatic heterocycles. The maximum atomic E-state index is 6.14. The molecule has 5 rings (SSSR count). The number of anilines is 2. The second-order valence-electron chi connectivity index (χ2n) is 11.3. The summed E-state index contributed by atoms with van der Waals surface area (Å²) < 4.78 is 12.3. The van der Waals surface area contributed by atoms with Crippen LogP contribution in [0.15, 0.2) is 97.1 Å². The highest BCUT2D eigenvalue weighted by Gasteiger charge is 2.36. The second kappa shape index (κ2) is 13.0. The molecule has 1 saturated carbocycles. The molecule has 0 heterocycles. The summed E-state index contributed by atoms with van der Waals surface area (Å²) in [5.41, 5.74) is 15.8. The molecule has 0 unspecified atom stereocenters. The third-order valence-electron chi connectivity index (χ3n) is 8.36. The predicted molar refractivity (Wildman–Crippen MR) is 166 cm³/mol. The van der Waals surface area contributed by atoms with Gasteiger partial charge in [0, 0.05) is 16.8 Å². The molecule has 1 aliphatic rings. The van der Waals surface area contributed by atoms with Crippen molar-refractivity contribution in [2.24, 2.45) is 5.92 Å². The van der Waals surface area contributed by atoms with Gasteiger partial charge in [0.2, 0.25) is 0 Å². The molecule has 0 atom stereocenters. The first-order chi connectivity index (χ1) is 19.5. The minimum atomic E-state index is -0.0581. The fourth-order valence-corrected chi connectivity index (χ4v) is 6.18. The number of hydrogen-bond acceptors (Lipinski definition) is 4. The molecule has 0 spiro atoms. The Labute approximate surface area is 239 Å². The molecule has 0 radical (unpaired) electrons. The van der Waals surface area contributed by atoms with E-state index in [1.807, 2.05) is 48.5 Å². The molecular weight excluding hydrogens is 492 g/mol. The number of nitrogen functional groups attached to an aromatic ring is 2. The summed E-state index contributed by atoms with van der Waals surface area (Å²) in [5.74, 6) is 3.99. The first-order valence-corrected chi connectivity index (χ1v) is 14.8. The Balaban J connectivity index is 1.46. The van der Waals surface area contributed by atoms with E-state index in [0.717, 1.165) is 46.7 Å². The van der Waals surface area contributed by atoms with Crippen molar-refractivity contribution in [1.29, 1.82) is 0 Å². The Morgan fingerprint density at radius 1 is 0.600 bits per heavy atom. The van der Waals surface area contributed by atoms with Gasteiger partial charge in [0.1, 0.15) is 23.0 Å². The minimum Gasteiger partial charge on any atom is -0.457 e. The lowest BCUT2D eigenvalue weighted by atomic mass is 9.64. The number of hydrogen-bond donors (Lipinski definition) is 2. The van der Waals surface area contributed by atoms with Crippen molar-refractivity contribution in [3.8, 4) is 23.0 Å². The molecule has 0 amide bonds. The quantitative estimate of drug-likeness (QED) is 0.188. The van der Waals surface area contributed by atoms with E-state index in [-0.39, 0.29) is 5.41 Å². The summed E-state index contributed by atoms with van der Waals surface area (Å²) in [6.45, 7) is 2.29. The molecule has 4 nitrogen and oxygen atoms in total. The van der Waals surface area contributed by atoms with Crippen LogP contribution in [0, 0.1) is 5.92 Å². The second-order valence-corrected chi connectivity index (χ2v) is 11.3. The van der Waals surface area contributed by atoms with Gasteiger partial charge in [0.05, 0.1) is 0 Å². The summed E-state index contributed by atoms with van der Waals surface area (Å²) in [6.07, 6.45) is 11.3. The highest BCUT2D eigenvalue weighted by atomic mass is 16.5. The van der Waals surface area contributed by atoms with Gasteiger partial charge < -0.3 is 20.9 Å². The van der Waals surface area contributed by atoms with E-state index >= 15 is 0 Å². The first-order valence-electron chi connectivity index (χ1n) is 14.8. The van der Waals surface area contributed by atoms with Crippen LogP contribution in [0.3, 0.4) is 0 Å². The third-order valence-corrected chi connectivity index (χ3v) is 8.36. The summed E-state index contributed by atoms with van der Waals surface area (Å²) >= 11 is 0. The zero-order valence-electron chi connectivity index (χ0n) is 23.7. The third kappa shape index (κ3) is 6.80. The van der Waals surface area contributed by atoms with Crippen LogP contribution in [0.4, 0.5) is 11.4 Å². The van der Waals surface area contributed by atoms with Gasteiger partial charge in [0.15, 0.2) is 0 Å². The standard InChI is InChI=1S/C36H42N2O2/c1-2-3-25-36(26-27-7-5-4-6-8-27,28-9-17-32(18-10-28)39-34-21-13-30(37)14-22-34)29-11-19-33(20-12-29)40-35-23-15-31(38)16-24-35/h9-24,27H,2-8,25-26,37-38H2,1H3. The SMILES string of the molecule is CCCCC(CC1CCCCC1)(c1ccc(Oc2ccc(N)cc2)cc1)c1ccc(Oc2ccc(N)cc2)cc1. The molecule has 4 aromatic rings. The van der Waals surface area contributed by atoms with Crippen molar-refractivity contribution in [3.63, 3.8) is 0 Å². The monoisotopic (exact) mass is 534 g/mol. The summed E-state index contributed by atoms with van der Waals surface area (Å²) in [6, 6.07) is 32.7. The smallest absolute Gasteiger partial charge is 0.127 e. The number of unbranched alkanes of at least 4 members (excludes halogenated alkanes) is 1. The molecule has 0 aromatic heterocycles. The van der Waals surface area contributed by atoms with E-state index < -0.39 is 0 Å². The zero-order chi connectivity index (χ0) is 27.8. The largest absolute Gasteiger partial charge is 0.457 e. The summed E-state index contributed by atoms with van der Waals surface area (Å²) in [5, 5.41) is 0. The Morgan fingerprint density at radius 2 is 1.00 bits per heavy atom. The van der Waals surface area contributed by atoms with Gasteiger partial charge >= 0.3 is 0 Å². The van der Waals surface area contributed by atoms with Crippen LogP contribution in [0.2, 0.25) is 0 Å². The highest BCUT2D eigenvalue weighted by Crippen LogP contribution is 2.46. The fourth-order valence-electron chi connectivity index (χ4n) is 6.18. The summed E-state index contributed by atoms with van der Waals surface area (Å²) in [4.78, 5) is 0. The molecule has 1 fully saturated rings. The average molecular weight is 535 g/mol. The lowest BCUT2D eigenvalue weighted by Crippen LogP contribution is -2.31. The van der Waals surface area contributed by atoms with E-state index in [1.54, 1.807) is 0 Å². The van der Waals surface area contributed by atoms with E-state index in [2.05, 4.69) is 55.5 Å². The van der Waals surface area contributed by atoms with Gasteiger partial charge in [-0.1, -0.05) is 76.1 Å². The van der Waals surface area contributed by atoms with Crippen molar-refractivity contribution < 1.29 is 9.47 Å². The highest BCUT2D eigenvalue weighted by molar-refractivity contribution is 5.47. The van der Waals surface area contributed by atoms with Crippen LogP contribution in [-0.2, 0) is 5.41 Å². The van der Waals surface area contributed by atoms with E-state index in [0.29, 0.717) is 0 Å². The minimum absolute atomic E-state index is 0.0581. The Morgan fingerprint density at radius 3 is 1.40 bits per heavy atom. The van der Waals surface area contributed by atoms with Crippen LogP contribution >= 0.6 is 0 Å². The Hall–Kier alpha value is -3.92. The van der Waals surface area contributed by atoms with Crippen molar-refractivity contribution in [1.82, 2.24) is 0 Å². The number of benzene rings is 4. The van der Waals surface area contributed by atoms with Crippen LogP contribution in [-0.4, -0.2) is 0 Å². The normalized spacial score (nSPS) is 14.1. The lowest BCUT2D eigenvalue weighted by Gasteiger charge is -2.40. The Bertz CT molecular complexity index is 1230. The Kier molecular flexibility index (Phi) is 8.95. The van der Waals surface area contributed by atoms with E-state index in [4.69, 9.17) is 20.9 Å². The molecule has 1 aliphatic carbocycles. The van der Waals surface area contributed by atoms with Gasteiger partial charge in [-0.25, -0.2) is 0 Å². The van der Waals surface area contributed by atoms with Crippen molar-refractivity contribution >= 4 is 11.4 Å². The molecule has 208 valence electrons. The van der Waals surface area contributed by atoms with E-state index in [9.17, 15) is 0 Å². The van der Waals surface area contributed by atoms with Crippen LogP contribution in [0.25, 0.3) is 0 Å². The van der Waals surface area contributed by atoms with Gasteiger partial charge in [-0.15, -0.1) is 0 Å². The lowest BCUT2D eigenvalue weighted by molar-refractivity contribution is 0.268. The van der Waals surface area contributed by atoms with Crippen molar-refractivity contribution in [3.05, 3.63) is 108 Å². The van der Waals surface area contributed by atoms with E-state index in [1.165, 1.54) is 62.5 Å².